The Morgan fingerprint density at radius 2 is 1.39 bits per heavy atom. The van der Waals surface area contributed by atoms with E-state index >= 15 is 0 Å². The number of carbonyl (C=O) groups is 2. The molecule has 0 saturated carbocycles. The lowest BCUT2D eigenvalue weighted by Crippen LogP contribution is -2.45. The molecule has 0 bridgehead atoms. The molecular weight excluding hydrogens is 390 g/mol. The number of rotatable bonds is 11. The summed E-state index contributed by atoms with van der Waals surface area (Å²) in [6, 6.07) is 20.4. The number of aliphatic carboxylic acids is 1. The lowest BCUT2D eigenvalue weighted by molar-refractivity contribution is -0.916. The molecule has 0 aliphatic carbocycles. The summed E-state index contributed by atoms with van der Waals surface area (Å²) in [6.07, 6.45) is 4.66. The number of unbranched alkanes of at least 4 members (excludes halogenated alkanes) is 4. The van der Waals surface area contributed by atoms with Gasteiger partial charge in [-0.15, -0.1) is 0 Å². The summed E-state index contributed by atoms with van der Waals surface area (Å²) in [7, 11) is 2.11. The summed E-state index contributed by atoms with van der Waals surface area (Å²) < 4.78 is 0.512. The van der Waals surface area contributed by atoms with Gasteiger partial charge in [0.25, 0.3) is 0 Å². The Balaban J connectivity index is 1.60. The van der Waals surface area contributed by atoms with Gasteiger partial charge in [0.05, 0.1) is 7.05 Å². The van der Waals surface area contributed by atoms with E-state index in [0.29, 0.717) is 17.7 Å². The van der Waals surface area contributed by atoms with Crippen LogP contribution in [0.1, 0.15) is 49.7 Å². The molecule has 3 rings (SSSR count). The van der Waals surface area contributed by atoms with Gasteiger partial charge in [-0.1, -0.05) is 78.6 Å². The second-order valence-corrected chi connectivity index (χ2v) is 8.14. The van der Waals surface area contributed by atoms with Crippen LogP contribution in [-0.2, 0) is 9.59 Å². The quantitative estimate of drug-likeness (QED) is 0.335. The monoisotopic (exact) mass is 420 g/mol. The Hall–Kier alpha value is -3.12. The third-order valence-corrected chi connectivity index (χ3v) is 5.48. The van der Waals surface area contributed by atoms with Crippen molar-refractivity contribution in [2.24, 2.45) is 10.1 Å². The van der Waals surface area contributed by atoms with E-state index in [1.807, 2.05) is 36.4 Å². The van der Waals surface area contributed by atoms with Crippen LogP contribution >= 0.6 is 0 Å². The summed E-state index contributed by atoms with van der Waals surface area (Å²) in [6.45, 7) is 1.49. The highest BCUT2D eigenvalue weighted by Gasteiger charge is 2.30. The van der Waals surface area contributed by atoms with Crippen LogP contribution in [0.15, 0.2) is 70.8 Å². The van der Waals surface area contributed by atoms with Gasteiger partial charge in [0, 0.05) is 17.5 Å². The summed E-state index contributed by atoms with van der Waals surface area (Å²) >= 11 is 0. The zero-order valence-electron chi connectivity index (χ0n) is 18.0. The number of quaternary nitrogens is 1. The highest BCUT2D eigenvalue weighted by molar-refractivity contribution is 6.53. The van der Waals surface area contributed by atoms with Crippen LogP contribution in [0.5, 0.6) is 0 Å². The largest absolute Gasteiger partial charge is 0.476 e. The van der Waals surface area contributed by atoms with Crippen LogP contribution < -0.4 is 0 Å². The van der Waals surface area contributed by atoms with E-state index in [2.05, 4.69) is 31.3 Å². The maximum absolute atomic E-state index is 11.1. The molecule has 162 valence electrons. The van der Waals surface area contributed by atoms with Gasteiger partial charge in [0.1, 0.15) is 12.3 Å². The number of carboxylic acid groups (broad SMARTS) is 1. The average Bonchev–Trinajstić information content (AvgIpc) is 2.79. The fourth-order valence-corrected chi connectivity index (χ4v) is 3.73. The minimum absolute atomic E-state index is 0.130. The molecule has 1 heterocycles. The predicted molar refractivity (Wildman–Crippen MR) is 122 cm³/mol. The third kappa shape index (κ3) is 6.43. The van der Waals surface area contributed by atoms with Crippen LogP contribution in [0.2, 0.25) is 0 Å². The smallest absolute Gasteiger partial charge is 0.372 e. The number of ketones is 1. The maximum Gasteiger partial charge on any atom is 0.372 e. The molecule has 0 spiro atoms. The Morgan fingerprint density at radius 3 is 2.00 bits per heavy atom. The molecule has 0 fully saturated rings. The van der Waals surface area contributed by atoms with Crippen molar-refractivity contribution in [1.82, 2.24) is 0 Å². The first-order valence-electron chi connectivity index (χ1n) is 10.8. The van der Waals surface area contributed by atoms with Crippen LogP contribution in [0.3, 0.4) is 0 Å². The molecular formula is C25H30N3O3+. The molecule has 0 aromatic heterocycles. The molecule has 6 nitrogen and oxygen atoms in total. The van der Waals surface area contributed by atoms with Crippen molar-refractivity contribution in [2.45, 2.75) is 38.5 Å². The zero-order valence-corrected chi connectivity index (χ0v) is 18.0. The summed E-state index contributed by atoms with van der Waals surface area (Å²) in [4.78, 5) is 26.6. The van der Waals surface area contributed by atoms with Gasteiger partial charge in [-0.3, -0.25) is 4.79 Å². The predicted octanol–water partition coefficient (Wildman–Crippen LogP) is 4.29. The van der Waals surface area contributed by atoms with Crippen molar-refractivity contribution < 1.29 is 19.3 Å². The highest BCUT2D eigenvalue weighted by atomic mass is 16.4. The molecule has 0 saturated heterocycles. The molecule has 31 heavy (non-hydrogen) atoms. The van der Waals surface area contributed by atoms with Crippen molar-refractivity contribution in [3.8, 4) is 0 Å². The van der Waals surface area contributed by atoms with Gasteiger partial charge in [0.2, 0.25) is 5.78 Å². The Bertz CT molecular complexity index is 954. The van der Waals surface area contributed by atoms with Crippen LogP contribution in [0.25, 0.3) is 0 Å². The molecule has 1 atom stereocenters. The summed E-state index contributed by atoms with van der Waals surface area (Å²) in [5, 5.41) is 13.7. The van der Waals surface area contributed by atoms with E-state index in [9.17, 15) is 9.59 Å². The second-order valence-electron chi connectivity index (χ2n) is 8.14. The van der Waals surface area contributed by atoms with Crippen molar-refractivity contribution in [3.63, 3.8) is 0 Å². The molecule has 0 radical (unpaired) electrons. The number of carboxylic acids is 1. The number of aliphatic imine (C=N–C) groups is 1. The lowest BCUT2D eigenvalue weighted by Gasteiger charge is -2.31. The van der Waals surface area contributed by atoms with Gasteiger partial charge in [-0.05, 0) is 19.3 Å². The summed E-state index contributed by atoms with van der Waals surface area (Å²) in [5.41, 5.74) is 4.00. The Labute approximate surface area is 183 Å². The molecule has 2 aromatic rings. The molecule has 1 N–H and O–H groups in total. The van der Waals surface area contributed by atoms with Gasteiger partial charge >= 0.3 is 5.97 Å². The number of hydrogen-bond acceptors (Lipinski definition) is 4. The SMILES string of the molecule is C[N+]1(CCCCCCCC(=O)C(=O)O)CN=C(c2ccccc2)C(c2ccccc2)=N1. The fourth-order valence-electron chi connectivity index (χ4n) is 3.73. The second kappa shape index (κ2) is 10.8. The highest BCUT2D eigenvalue weighted by Crippen LogP contribution is 2.20. The van der Waals surface area contributed by atoms with Crippen LogP contribution in [0, 0.1) is 0 Å². The standard InChI is InChI=1S/C25H29N3O3/c1-28(18-12-4-2-3-11-17-22(29)25(30)31)19-26-23(20-13-7-5-8-14-20)24(27-28)21-15-9-6-10-16-21/h5-10,13-16H,2-4,11-12,17-19H2,1H3/p+1. The first-order valence-corrected chi connectivity index (χ1v) is 10.8. The Kier molecular flexibility index (Phi) is 7.84. The van der Waals surface area contributed by atoms with Gasteiger partial charge in [0.15, 0.2) is 12.4 Å². The molecule has 1 aliphatic heterocycles. The van der Waals surface area contributed by atoms with Gasteiger partial charge in [-0.2, -0.15) is 4.59 Å². The van der Waals surface area contributed by atoms with Crippen LogP contribution in [0.4, 0.5) is 0 Å². The van der Waals surface area contributed by atoms with E-state index in [0.717, 1.165) is 54.8 Å². The first kappa shape index (κ1) is 22.6. The minimum Gasteiger partial charge on any atom is -0.476 e. The third-order valence-electron chi connectivity index (χ3n) is 5.48. The molecule has 6 heteroatoms. The van der Waals surface area contributed by atoms with Crippen molar-refractivity contribution in [2.75, 3.05) is 20.3 Å². The van der Waals surface area contributed by atoms with E-state index < -0.39 is 11.8 Å². The Morgan fingerprint density at radius 1 is 0.839 bits per heavy atom. The van der Waals surface area contributed by atoms with E-state index in [1.54, 1.807) is 0 Å². The zero-order chi connectivity index (χ0) is 22.1. The van der Waals surface area contributed by atoms with E-state index in [1.165, 1.54) is 0 Å². The average molecular weight is 421 g/mol. The molecule has 2 aromatic carbocycles. The van der Waals surface area contributed by atoms with Crippen molar-refractivity contribution >= 4 is 23.2 Å². The molecule has 0 amide bonds. The normalized spacial score (nSPS) is 18.2. The first-order chi connectivity index (χ1) is 15.0. The van der Waals surface area contributed by atoms with Crippen LogP contribution in [-0.4, -0.2) is 53.1 Å². The number of Topliss-reactive ketones (excluding diaryl/α,β-unsaturated/α-hetero) is 1. The van der Waals surface area contributed by atoms with Crippen molar-refractivity contribution in [1.29, 1.82) is 0 Å². The van der Waals surface area contributed by atoms with Gasteiger partial charge in [-0.25, -0.2) is 9.79 Å². The topological polar surface area (TPSA) is 79.1 Å². The van der Waals surface area contributed by atoms with Crippen molar-refractivity contribution in [3.05, 3.63) is 71.8 Å². The van der Waals surface area contributed by atoms with E-state index in [-0.39, 0.29) is 6.42 Å². The van der Waals surface area contributed by atoms with Gasteiger partial charge < -0.3 is 5.11 Å². The molecule has 1 aliphatic rings. The summed E-state index contributed by atoms with van der Waals surface area (Å²) in [5.74, 6) is -2.02. The minimum atomic E-state index is -1.33. The number of carbonyl (C=O) groups excluding carboxylic acids is 1. The fraction of sp³-hybridized carbons (Fsp3) is 0.360. The number of nitrogens with zero attached hydrogens (tertiary/aromatic N) is 3. The number of benzene rings is 2. The molecule has 1 unspecified atom stereocenters. The maximum atomic E-state index is 11.1. The lowest BCUT2D eigenvalue weighted by atomic mass is 9.99. The number of hydrogen-bond donors (Lipinski definition) is 1. The van der Waals surface area contributed by atoms with E-state index in [4.69, 9.17) is 15.2 Å².